The maximum Gasteiger partial charge on any atom is 0.410 e. The fourth-order valence-corrected chi connectivity index (χ4v) is 8.57. The number of likely N-dealkylation sites (tertiary alicyclic amines) is 2. The quantitative estimate of drug-likeness (QED) is 0.0565. The fraction of sp³-hybridized carbons (Fsp3) is 0.190. The molecule has 4 heterocycles. The molecule has 0 bridgehead atoms. The molecule has 2 aromatic heterocycles. The third-order valence-electron chi connectivity index (χ3n) is 12.2. The third-order valence-corrected chi connectivity index (χ3v) is 12.2. The molecule has 2 aliphatic rings. The number of carbonyl (C=O) groups excluding carboxylic acids is 3. The van der Waals surface area contributed by atoms with Gasteiger partial charge in [0.25, 0.3) is 0 Å². The van der Waals surface area contributed by atoms with Crippen molar-refractivity contribution in [1.82, 2.24) is 29.7 Å². The van der Waals surface area contributed by atoms with E-state index in [0.29, 0.717) is 86.5 Å². The molecule has 0 atom stereocenters. The van der Waals surface area contributed by atoms with E-state index < -0.39 is 17.2 Å². The van der Waals surface area contributed by atoms with Crippen LogP contribution in [-0.2, 0) is 14.3 Å². The molecule has 2 saturated heterocycles. The molecule has 18 heteroatoms. The number of fused-ring (bicyclic) bond motifs is 2. The molecule has 0 spiro atoms. The topological polar surface area (TPSA) is 191 Å². The Bertz CT molecular complexity index is 3470. The molecule has 0 saturated carbocycles. The first kappa shape index (κ1) is 51.6. The second-order valence-electron chi connectivity index (χ2n) is 19.3. The highest BCUT2D eigenvalue weighted by molar-refractivity contribution is 6.01. The van der Waals surface area contributed by atoms with Crippen LogP contribution in [0.15, 0.2) is 159 Å². The largest absolute Gasteiger partial charge is 0.444 e. The molecule has 0 radical (unpaired) electrons. The van der Waals surface area contributed by atoms with Crippen molar-refractivity contribution >= 4 is 85.7 Å². The summed E-state index contributed by atoms with van der Waals surface area (Å²) in [4.78, 5) is 57.6. The highest BCUT2D eigenvalue weighted by Gasteiger charge is 2.33. The highest BCUT2D eigenvalue weighted by Crippen LogP contribution is 2.35. The van der Waals surface area contributed by atoms with Gasteiger partial charge in [0.2, 0.25) is 23.7 Å². The van der Waals surface area contributed by atoms with Gasteiger partial charge < -0.3 is 46.4 Å². The molecule has 0 unspecified atom stereocenters. The third kappa shape index (κ3) is 12.7. The van der Waals surface area contributed by atoms with E-state index in [1.807, 2.05) is 69.3 Å². The average molecular weight is 1020 g/mol. The van der Waals surface area contributed by atoms with Crippen LogP contribution in [0.1, 0.15) is 20.8 Å². The summed E-state index contributed by atoms with van der Waals surface area (Å²) >= 11 is 0. The first-order valence-electron chi connectivity index (χ1n) is 24.5. The van der Waals surface area contributed by atoms with E-state index >= 15 is 8.78 Å². The minimum absolute atomic E-state index is 0.141. The van der Waals surface area contributed by atoms with E-state index in [-0.39, 0.29) is 23.9 Å². The van der Waals surface area contributed by atoms with Gasteiger partial charge in [-0.05, 0) is 148 Å². The number of nitrogens with zero attached hydrogens (tertiary/aromatic N) is 6. The van der Waals surface area contributed by atoms with Crippen LogP contribution < -0.4 is 31.9 Å². The minimum Gasteiger partial charge on any atom is -0.444 e. The standard InChI is InChI=1S/C31H31FN6O3.C27H25FN6O/c1-5-26(39)35-23-8-6-7-19(15-23)27-25(32)14-9-20-16-33-29(37-28(20)27)36-22-12-10-21(11-13-22)34-24-17-38(18-24)30(40)41-31(2,3)4;1-3-24(35)31-21-6-4-5-17(13-21)25-23(28)12-7-18-14-29-27(33-26(18)25)32-20-10-8-19(9-11-20)30-22-15-34(2)16-22/h5-16,24,34H,1,17-18H2,2-4H3,(H,35,39)(H,33,36,37);3-14,22,30H,1,15-16H2,2H3,(H,31,35)(H,29,32,33). The van der Waals surface area contributed by atoms with Gasteiger partial charge in [-0.25, -0.2) is 33.5 Å². The van der Waals surface area contributed by atoms with Gasteiger partial charge >= 0.3 is 6.09 Å². The van der Waals surface area contributed by atoms with Crippen molar-refractivity contribution in [3.8, 4) is 22.3 Å². The van der Waals surface area contributed by atoms with Crippen molar-refractivity contribution < 1.29 is 27.9 Å². The number of ether oxygens (including phenoxy) is 1. The summed E-state index contributed by atoms with van der Waals surface area (Å²) in [6, 6.07) is 36.1. The summed E-state index contributed by atoms with van der Waals surface area (Å²) in [5.41, 5.74) is 6.82. The summed E-state index contributed by atoms with van der Waals surface area (Å²) in [7, 11) is 2.10. The molecule has 76 heavy (non-hydrogen) atoms. The molecule has 10 rings (SSSR count). The van der Waals surface area contributed by atoms with E-state index in [9.17, 15) is 14.4 Å². The smallest absolute Gasteiger partial charge is 0.410 e. The van der Waals surface area contributed by atoms with Gasteiger partial charge in [-0.3, -0.25) is 9.59 Å². The maximum atomic E-state index is 15.1. The van der Waals surface area contributed by atoms with Gasteiger partial charge in [-0.2, -0.15) is 0 Å². The van der Waals surface area contributed by atoms with E-state index in [2.05, 4.69) is 76.9 Å². The van der Waals surface area contributed by atoms with Gasteiger partial charge in [0.1, 0.15) is 17.2 Å². The second kappa shape index (κ2) is 22.4. The van der Waals surface area contributed by atoms with Crippen LogP contribution in [0, 0.1) is 11.6 Å². The Labute approximate surface area is 438 Å². The van der Waals surface area contributed by atoms with Gasteiger partial charge in [-0.15, -0.1) is 0 Å². The van der Waals surface area contributed by atoms with Crippen LogP contribution in [0.4, 0.5) is 59.6 Å². The van der Waals surface area contributed by atoms with Crippen molar-refractivity contribution in [3.05, 3.63) is 171 Å². The molecule has 2 aliphatic heterocycles. The SMILES string of the molecule is C=CC(=O)Nc1cccc(-c2c(F)ccc3cnc(Nc4ccc(NC5CN(C(=O)OC(C)(C)C)C5)cc4)nc23)c1.C=CC(=O)Nc1cccc(-c2c(F)ccc3cnc(Nc4ccc(NC5CN(C)C5)cc4)nc23)c1. The Morgan fingerprint density at radius 3 is 1.42 bits per heavy atom. The van der Waals surface area contributed by atoms with Crippen molar-refractivity contribution in [1.29, 1.82) is 0 Å². The average Bonchev–Trinajstić information content (AvgIpc) is 3.37. The number of hydrogen-bond donors (Lipinski definition) is 6. The molecule has 0 aliphatic carbocycles. The van der Waals surface area contributed by atoms with E-state index in [0.717, 1.165) is 35.8 Å². The predicted molar refractivity (Wildman–Crippen MR) is 297 cm³/mol. The Balaban J connectivity index is 0.000000188. The van der Waals surface area contributed by atoms with Crippen LogP contribution in [0.3, 0.4) is 0 Å². The molecular weight excluding hydrogens is 967 g/mol. The molecule has 6 aromatic carbocycles. The van der Waals surface area contributed by atoms with Gasteiger partial charge in [0, 0.05) is 94.6 Å². The maximum absolute atomic E-state index is 15.1. The molecule has 6 N–H and O–H groups in total. The monoisotopic (exact) mass is 1020 g/mol. The predicted octanol–water partition coefficient (Wildman–Crippen LogP) is 11.4. The van der Waals surface area contributed by atoms with E-state index in [1.54, 1.807) is 78.0 Å². The van der Waals surface area contributed by atoms with Crippen LogP contribution in [0.25, 0.3) is 44.1 Å². The first-order valence-corrected chi connectivity index (χ1v) is 24.5. The second-order valence-corrected chi connectivity index (χ2v) is 19.3. The Morgan fingerprint density at radius 2 is 1.01 bits per heavy atom. The van der Waals surface area contributed by atoms with Crippen LogP contribution in [-0.4, -0.2) is 98.6 Å². The van der Waals surface area contributed by atoms with Crippen LogP contribution in [0.2, 0.25) is 0 Å². The van der Waals surface area contributed by atoms with Crippen LogP contribution in [0.5, 0.6) is 0 Å². The lowest BCUT2D eigenvalue weighted by molar-refractivity contribution is -0.112. The van der Waals surface area contributed by atoms with Crippen molar-refractivity contribution in [3.63, 3.8) is 0 Å². The Kier molecular flexibility index (Phi) is 15.2. The van der Waals surface area contributed by atoms with Crippen molar-refractivity contribution in [2.45, 2.75) is 38.5 Å². The molecular formula is C58H56F2N12O4. The van der Waals surface area contributed by atoms with E-state index in [4.69, 9.17) is 4.74 Å². The first-order chi connectivity index (χ1) is 36.6. The van der Waals surface area contributed by atoms with Gasteiger partial charge in [-0.1, -0.05) is 37.4 Å². The zero-order valence-corrected chi connectivity index (χ0v) is 42.3. The number of anilines is 8. The summed E-state index contributed by atoms with van der Waals surface area (Å²) < 4.78 is 35.6. The number of carbonyl (C=O) groups is 3. The number of rotatable bonds is 14. The molecule has 3 amide bonds. The van der Waals surface area contributed by atoms with E-state index in [1.165, 1.54) is 24.3 Å². The summed E-state index contributed by atoms with van der Waals surface area (Å²) in [6.07, 6.45) is 5.36. The Morgan fingerprint density at radius 1 is 0.592 bits per heavy atom. The summed E-state index contributed by atoms with van der Waals surface area (Å²) in [6.45, 7) is 15.7. The minimum atomic E-state index is -0.515. The number of hydrogen-bond acceptors (Lipinski definition) is 13. The normalized spacial score (nSPS) is 13.5. The van der Waals surface area contributed by atoms with Crippen molar-refractivity contribution in [2.24, 2.45) is 0 Å². The number of likely N-dealkylation sites (N-methyl/N-ethyl adjacent to an activating group) is 1. The Hall–Kier alpha value is -9.29. The highest BCUT2D eigenvalue weighted by atomic mass is 19.1. The number of nitrogens with one attached hydrogen (secondary N) is 6. The number of aromatic nitrogens is 4. The molecule has 386 valence electrons. The zero-order valence-electron chi connectivity index (χ0n) is 42.3. The molecule has 8 aromatic rings. The number of amides is 3. The van der Waals surface area contributed by atoms with Crippen molar-refractivity contribution in [2.75, 3.05) is 65.1 Å². The number of benzene rings is 6. The zero-order chi connectivity index (χ0) is 53.5. The molecule has 2 fully saturated rings. The van der Waals surface area contributed by atoms with Crippen LogP contribution >= 0.6 is 0 Å². The summed E-state index contributed by atoms with van der Waals surface area (Å²) in [5.74, 6) is -0.867. The van der Waals surface area contributed by atoms with Gasteiger partial charge in [0.05, 0.1) is 23.1 Å². The fourth-order valence-electron chi connectivity index (χ4n) is 8.57. The van der Waals surface area contributed by atoms with Gasteiger partial charge in [0.15, 0.2) is 0 Å². The summed E-state index contributed by atoms with van der Waals surface area (Å²) in [5, 5.41) is 20.1. The number of halogens is 2. The molecule has 16 nitrogen and oxygen atoms in total. The lowest BCUT2D eigenvalue weighted by Crippen LogP contribution is -2.57. The lowest BCUT2D eigenvalue weighted by Gasteiger charge is -2.40. The lowest BCUT2D eigenvalue weighted by atomic mass is 10.0.